The van der Waals surface area contributed by atoms with Crippen molar-refractivity contribution in [1.82, 2.24) is 0 Å². The Hall–Kier alpha value is 2.88. The van der Waals surface area contributed by atoms with Gasteiger partial charge in [0.25, 0.3) is 0 Å². The number of hydrogen-bond acceptors (Lipinski definition) is 0. The van der Waals surface area contributed by atoms with E-state index in [4.69, 9.17) is 0 Å². The van der Waals surface area contributed by atoms with Crippen molar-refractivity contribution < 1.29 is 0 Å². The van der Waals surface area contributed by atoms with Crippen molar-refractivity contribution in [3.8, 4) is 0 Å². The lowest BCUT2D eigenvalue weighted by atomic mass is 10.0. The van der Waals surface area contributed by atoms with Gasteiger partial charge in [-0.05, 0) is 12.8 Å². The molecule has 0 spiro atoms. The van der Waals surface area contributed by atoms with Crippen LogP contribution in [0.25, 0.3) is 0 Å². The standard InChI is InChI=1S/C8H10Br6/c9-6(10)4-2-1-3-5-7(11,12)8(6,13)14/h1-5H2. The molecular weight excluding hydrogens is 576 g/mol. The van der Waals surface area contributed by atoms with E-state index in [1.807, 2.05) is 0 Å². The molecule has 0 aromatic rings. The van der Waals surface area contributed by atoms with Gasteiger partial charge in [0.1, 0.15) is 9.70 Å². The topological polar surface area (TPSA) is 0 Å². The van der Waals surface area contributed by atoms with Gasteiger partial charge in [0.2, 0.25) is 0 Å². The fourth-order valence-electron chi connectivity index (χ4n) is 1.45. The van der Waals surface area contributed by atoms with Crippen LogP contribution in [0.1, 0.15) is 32.1 Å². The predicted octanol–water partition coefficient (Wildman–Crippen LogP) is 6.41. The summed E-state index contributed by atoms with van der Waals surface area (Å²) < 4.78 is -0.568. The van der Waals surface area contributed by atoms with Crippen LogP contribution in [0.15, 0.2) is 0 Å². The van der Waals surface area contributed by atoms with Gasteiger partial charge in [0.05, 0.1) is 0 Å². The highest BCUT2D eigenvalue weighted by Gasteiger charge is 2.57. The molecule has 0 radical (unpaired) electrons. The smallest absolute Gasteiger partial charge is 0.0701 e. The second kappa shape index (κ2) is 5.25. The van der Waals surface area contributed by atoms with Gasteiger partial charge in [-0.15, -0.1) is 0 Å². The zero-order chi connectivity index (χ0) is 11.0. The van der Waals surface area contributed by atoms with Crippen LogP contribution in [-0.2, 0) is 0 Å². The minimum atomic E-state index is -0.263. The Bertz CT molecular complexity index is 190. The molecule has 1 rings (SSSR count). The van der Waals surface area contributed by atoms with Crippen LogP contribution in [-0.4, -0.2) is 9.70 Å². The molecule has 1 saturated carbocycles. The van der Waals surface area contributed by atoms with Crippen molar-refractivity contribution in [2.24, 2.45) is 0 Å². The summed E-state index contributed by atoms with van der Waals surface area (Å²) >= 11 is 22.4. The lowest BCUT2D eigenvalue weighted by Gasteiger charge is -2.45. The maximum atomic E-state index is 3.75. The van der Waals surface area contributed by atoms with Crippen molar-refractivity contribution in [3.63, 3.8) is 0 Å². The third-order valence-electron chi connectivity index (χ3n) is 2.40. The number of alkyl halides is 6. The molecule has 0 atom stereocenters. The van der Waals surface area contributed by atoms with Gasteiger partial charge in [-0.2, -0.15) is 0 Å². The summed E-state index contributed by atoms with van der Waals surface area (Å²) in [7, 11) is 0. The van der Waals surface area contributed by atoms with Crippen molar-refractivity contribution in [1.29, 1.82) is 0 Å². The van der Waals surface area contributed by atoms with Crippen LogP contribution in [0.4, 0.5) is 0 Å². The summed E-state index contributed by atoms with van der Waals surface area (Å²) in [6.45, 7) is 0. The molecule has 0 heterocycles. The number of halogens is 6. The second-order valence-corrected chi connectivity index (χ2v) is 14.5. The minimum absolute atomic E-state index is 0.152. The molecule has 1 aliphatic rings. The molecule has 0 amide bonds. The van der Waals surface area contributed by atoms with Crippen molar-refractivity contribution in [2.45, 2.75) is 41.8 Å². The third kappa shape index (κ3) is 3.01. The van der Waals surface area contributed by atoms with Crippen LogP contribution in [0.2, 0.25) is 0 Å². The maximum absolute atomic E-state index is 3.75. The van der Waals surface area contributed by atoms with Crippen LogP contribution in [0.5, 0.6) is 0 Å². The molecule has 0 saturated heterocycles. The Morgan fingerprint density at radius 3 is 1.29 bits per heavy atom. The highest BCUT2D eigenvalue weighted by atomic mass is 79.9. The molecule has 0 unspecified atom stereocenters. The van der Waals surface area contributed by atoms with Gasteiger partial charge < -0.3 is 0 Å². The molecule has 0 aliphatic heterocycles. The van der Waals surface area contributed by atoms with E-state index in [1.54, 1.807) is 0 Å². The summed E-state index contributed by atoms with van der Waals surface area (Å²) in [6, 6.07) is 0. The summed E-state index contributed by atoms with van der Waals surface area (Å²) in [5, 5.41) is 0. The van der Waals surface area contributed by atoms with Gasteiger partial charge >= 0.3 is 0 Å². The summed E-state index contributed by atoms with van der Waals surface area (Å²) in [5.74, 6) is 0. The zero-order valence-corrected chi connectivity index (χ0v) is 16.8. The normalized spacial score (nSPS) is 30.4. The Kier molecular flexibility index (Phi) is 5.60. The first-order valence-corrected chi connectivity index (χ1v) is 9.10. The van der Waals surface area contributed by atoms with E-state index in [2.05, 4.69) is 95.6 Å². The fraction of sp³-hybridized carbons (Fsp3) is 1.00. The summed E-state index contributed by atoms with van der Waals surface area (Å²) in [4.78, 5) is 0. The van der Waals surface area contributed by atoms with Gasteiger partial charge in [0.15, 0.2) is 0 Å². The summed E-state index contributed by atoms with van der Waals surface area (Å²) in [6.07, 6.45) is 5.87. The van der Waals surface area contributed by atoms with Crippen molar-refractivity contribution in [2.75, 3.05) is 0 Å². The SMILES string of the molecule is BrC1(Br)CCCCCC(Br)(Br)C1(Br)Br. The second-order valence-electron chi connectivity index (χ2n) is 3.54. The Morgan fingerprint density at radius 1 is 0.571 bits per heavy atom. The lowest BCUT2D eigenvalue weighted by molar-refractivity contribution is 0.501. The first-order chi connectivity index (χ1) is 6.21. The fourth-order valence-corrected chi connectivity index (χ4v) is 5.78. The van der Waals surface area contributed by atoms with E-state index in [0.717, 1.165) is 12.8 Å². The van der Waals surface area contributed by atoms with E-state index < -0.39 is 0 Å². The highest BCUT2D eigenvalue weighted by Crippen LogP contribution is 2.63. The van der Waals surface area contributed by atoms with Gasteiger partial charge in [-0.3, -0.25) is 0 Å². The van der Waals surface area contributed by atoms with E-state index in [-0.39, 0.29) is 9.70 Å². The summed E-state index contributed by atoms with van der Waals surface area (Å²) in [5.41, 5.74) is 0. The van der Waals surface area contributed by atoms with Crippen molar-refractivity contribution >= 4 is 95.6 Å². The molecule has 0 bridgehead atoms. The van der Waals surface area contributed by atoms with Crippen LogP contribution < -0.4 is 0 Å². The molecule has 6 heteroatoms. The third-order valence-corrected chi connectivity index (χ3v) is 13.3. The van der Waals surface area contributed by atoms with E-state index in [1.165, 1.54) is 19.3 Å². The van der Waals surface area contributed by atoms with Crippen LogP contribution in [0.3, 0.4) is 0 Å². The molecular formula is C8H10Br6. The Labute approximate surface area is 135 Å². The molecule has 1 fully saturated rings. The van der Waals surface area contributed by atoms with Gasteiger partial charge in [-0.25, -0.2) is 0 Å². The Balaban J connectivity index is 2.98. The van der Waals surface area contributed by atoms with E-state index >= 15 is 0 Å². The number of rotatable bonds is 0. The zero-order valence-electron chi connectivity index (χ0n) is 7.30. The first kappa shape index (κ1) is 14.9. The maximum Gasteiger partial charge on any atom is 0.130 e. The molecule has 84 valence electrons. The minimum Gasteiger partial charge on any atom is -0.0701 e. The van der Waals surface area contributed by atoms with Gasteiger partial charge in [0, 0.05) is 0 Å². The molecule has 0 aromatic carbocycles. The monoisotopic (exact) mass is 580 g/mol. The average Bonchev–Trinajstić information content (AvgIpc) is 2.01. The van der Waals surface area contributed by atoms with Crippen molar-refractivity contribution in [3.05, 3.63) is 0 Å². The highest BCUT2D eigenvalue weighted by molar-refractivity contribution is 9.33. The molecule has 14 heavy (non-hydrogen) atoms. The van der Waals surface area contributed by atoms with Gasteiger partial charge in [-0.1, -0.05) is 115 Å². The quantitative estimate of drug-likeness (QED) is 0.289. The van der Waals surface area contributed by atoms with Crippen LogP contribution >= 0.6 is 95.6 Å². The molecule has 1 aliphatic carbocycles. The van der Waals surface area contributed by atoms with E-state index in [9.17, 15) is 0 Å². The van der Waals surface area contributed by atoms with E-state index in [0.29, 0.717) is 0 Å². The lowest BCUT2D eigenvalue weighted by Crippen LogP contribution is -2.48. The molecule has 0 N–H and O–H groups in total. The first-order valence-electron chi connectivity index (χ1n) is 4.34. The largest absolute Gasteiger partial charge is 0.130 e. The molecule has 0 nitrogen and oxygen atoms in total. The number of hydrogen-bond donors (Lipinski definition) is 0. The predicted molar refractivity (Wildman–Crippen MR) is 84.8 cm³/mol. The molecule has 0 aromatic heterocycles. The van der Waals surface area contributed by atoms with Crippen LogP contribution in [0, 0.1) is 0 Å². The Morgan fingerprint density at radius 2 is 0.929 bits per heavy atom. The average molecular weight is 586 g/mol.